The van der Waals surface area contributed by atoms with Gasteiger partial charge in [-0.25, -0.2) is 14.2 Å². The Balaban J connectivity index is 1.87. The summed E-state index contributed by atoms with van der Waals surface area (Å²) >= 11 is 0. The molecule has 0 aliphatic carbocycles. The minimum Gasteiger partial charge on any atom is -0.478 e. The second-order valence-corrected chi connectivity index (χ2v) is 5.84. The van der Waals surface area contributed by atoms with E-state index in [9.17, 15) is 14.0 Å². The molecule has 1 aliphatic heterocycles. The topological polar surface area (TPSA) is 70.5 Å². The van der Waals surface area contributed by atoms with Gasteiger partial charge in [-0.2, -0.15) is 0 Å². The van der Waals surface area contributed by atoms with Crippen LogP contribution in [0.2, 0.25) is 0 Å². The molecule has 5 nitrogen and oxygen atoms in total. The van der Waals surface area contributed by atoms with E-state index in [1.165, 1.54) is 24.3 Å². The average Bonchev–Trinajstić information content (AvgIpc) is 3.04. The fraction of sp³-hybridized carbons (Fsp3) is 0.278. The lowest BCUT2D eigenvalue weighted by Gasteiger charge is -2.25. The van der Waals surface area contributed by atoms with E-state index in [2.05, 4.69) is 4.98 Å². The number of carboxylic acids is 1. The number of nitrogens with zero attached hydrogens (tertiary/aromatic N) is 2. The number of rotatable bonds is 3. The summed E-state index contributed by atoms with van der Waals surface area (Å²) in [4.78, 5) is 29.7. The molecule has 1 unspecified atom stereocenters. The average molecular weight is 328 g/mol. The first-order valence-corrected chi connectivity index (χ1v) is 7.75. The van der Waals surface area contributed by atoms with E-state index in [0.717, 1.165) is 18.4 Å². The maximum atomic E-state index is 13.1. The molecule has 1 fully saturated rings. The van der Waals surface area contributed by atoms with Crippen molar-refractivity contribution in [1.82, 2.24) is 9.88 Å². The van der Waals surface area contributed by atoms with Gasteiger partial charge in [0, 0.05) is 6.54 Å². The van der Waals surface area contributed by atoms with Crippen LogP contribution in [0, 0.1) is 12.7 Å². The van der Waals surface area contributed by atoms with Crippen molar-refractivity contribution < 1.29 is 19.1 Å². The molecule has 2 heterocycles. The summed E-state index contributed by atoms with van der Waals surface area (Å²) in [5, 5.41) is 9.05. The summed E-state index contributed by atoms with van der Waals surface area (Å²) in [6.07, 6.45) is 1.67. The number of carbonyl (C=O) groups is 2. The Bertz CT molecular complexity index is 789. The second kappa shape index (κ2) is 6.39. The summed E-state index contributed by atoms with van der Waals surface area (Å²) in [5.74, 6) is -1.61. The van der Waals surface area contributed by atoms with Gasteiger partial charge in [0.05, 0.1) is 17.3 Å². The Kier molecular flexibility index (Phi) is 4.29. The maximum Gasteiger partial charge on any atom is 0.337 e. The molecule has 124 valence electrons. The lowest BCUT2D eigenvalue weighted by molar-refractivity contribution is 0.0689. The monoisotopic (exact) mass is 328 g/mol. The van der Waals surface area contributed by atoms with Crippen molar-refractivity contribution in [3.63, 3.8) is 0 Å². The highest BCUT2D eigenvalue weighted by Crippen LogP contribution is 2.33. The first kappa shape index (κ1) is 16.1. The summed E-state index contributed by atoms with van der Waals surface area (Å²) in [5.41, 5.74) is 1.52. The van der Waals surface area contributed by atoms with E-state index in [0.29, 0.717) is 12.2 Å². The Morgan fingerprint density at radius 1 is 1.21 bits per heavy atom. The van der Waals surface area contributed by atoms with Crippen LogP contribution in [0.25, 0.3) is 0 Å². The number of carbonyl (C=O) groups excluding carboxylic acids is 1. The Morgan fingerprint density at radius 2 is 1.92 bits per heavy atom. The van der Waals surface area contributed by atoms with Gasteiger partial charge in [-0.3, -0.25) is 4.79 Å². The predicted octanol–water partition coefficient (Wildman–Crippen LogP) is 3.20. The molecule has 6 heteroatoms. The highest BCUT2D eigenvalue weighted by atomic mass is 19.1. The Hall–Kier alpha value is -2.76. The van der Waals surface area contributed by atoms with E-state index in [4.69, 9.17) is 5.11 Å². The van der Waals surface area contributed by atoms with Gasteiger partial charge < -0.3 is 10.0 Å². The number of hydrogen-bond donors (Lipinski definition) is 1. The molecule has 1 aromatic carbocycles. The van der Waals surface area contributed by atoms with Gasteiger partial charge in [0.1, 0.15) is 11.5 Å². The van der Waals surface area contributed by atoms with Crippen LogP contribution in [0.1, 0.15) is 51.0 Å². The smallest absolute Gasteiger partial charge is 0.337 e. The van der Waals surface area contributed by atoms with Crippen LogP contribution in [0.15, 0.2) is 36.4 Å². The van der Waals surface area contributed by atoms with Crippen molar-refractivity contribution in [2.75, 3.05) is 6.54 Å². The van der Waals surface area contributed by atoms with Crippen molar-refractivity contribution in [1.29, 1.82) is 0 Å². The van der Waals surface area contributed by atoms with Gasteiger partial charge in [0.15, 0.2) is 0 Å². The summed E-state index contributed by atoms with van der Waals surface area (Å²) in [7, 11) is 0. The number of aromatic carboxylic acids is 1. The maximum absolute atomic E-state index is 13.1. The number of benzene rings is 1. The third kappa shape index (κ3) is 2.99. The molecule has 1 aliphatic rings. The van der Waals surface area contributed by atoms with Crippen molar-refractivity contribution in [2.24, 2.45) is 0 Å². The summed E-state index contributed by atoms with van der Waals surface area (Å²) < 4.78 is 13.1. The number of aryl methyl sites for hydroxylation is 1. The van der Waals surface area contributed by atoms with Crippen LogP contribution in [0.4, 0.5) is 4.39 Å². The highest BCUT2D eigenvalue weighted by molar-refractivity contribution is 5.94. The quantitative estimate of drug-likeness (QED) is 0.939. The van der Waals surface area contributed by atoms with Crippen LogP contribution in [-0.4, -0.2) is 33.4 Å². The van der Waals surface area contributed by atoms with Crippen molar-refractivity contribution in [3.05, 3.63) is 64.7 Å². The van der Waals surface area contributed by atoms with E-state index >= 15 is 0 Å². The van der Waals surface area contributed by atoms with Crippen molar-refractivity contribution in [3.8, 4) is 0 Å². The highest BCUT2D eigenvalue weighted by Gasteiger charge is 2.31. The number of amides is 1. The molecule has 0 saturated carbocycles. The summed E-state index contributed by atoms with van der Waals surface area (Å²) in [6.45, 7) is 2.17. The molecular formula is C18H17FN2O3. The van der Waals surface area contributed by atoms with Gasteiger partial charge >= 0.3 is 5.97 Å². The van der Waals surface area contributed by atoms with E-state index < -0.39 is 5.97 Å². The summed E-state index contributed by atoms with van der Waals surface area (Å²) in [6, 6.07) is 8.90. The van der Waals surface area contributed by atoms with Crippen LogP contribution in [0.5, 0.6) is 0 Å². The fourth-order valence-electron chi connectivity index (χ4n) is 3.09. The van der Waals surface area contributed by atoms with Crippen molar-refractivity contribution in [2.45, 2.75) is 25.8 Å². The van der Waals surface area contributed by atoms with E-state index in [1.807, 2.05) is 0 Å². The molecule has 3 rings (SSSR count). The zero-order valence-corrected chi connectivity index (χ0v) is 13.2. The lowest BCUT2D eigenvalue weighted by Crippen LogP contribution is -2.31. The molecule has 1 atom stereocenters. The molecule has 1 saturated heterocycles. The van der Waals surface area contributed by atoms with Gasteiger partial charge in [0.25, 0.3) is 5.91 Å². The second-order valence-electron chi connectivity index (χ2n) is 5.84. The predicted molar refractivity (Wildman–Crippen MR) is 85.3 cm³/mol. The van der Waals surface area contributed by atoms with E-state index in [1.54, 1.807) is 24.0 Å². The minimum absolute atomic E-state index is 0.0862. The largest absolute Gasteiger partial charge is 0.478 e. The normalized spacial score (nSPS) is 17.1. The van der Waals surface area contributed by atoms with Crippen LogP contribution >= 0.6 is 0 Å². The Morgan fingerprint density at radius 3 is 2.54 bits per heavy atom. The number of pyridine rings is 1. The molecule has 0 bridgehead atoms. The third-order valence-electron chi connectivity index (χ3n) is 4.30. The number of likely N-dealkylation sites (tertiary alicyclic amines) is 1. The number of hydrogen-bond acceptors (Lipinski definition) is 3. The van der Waals surface area contributed by atoms with Gasteiger partial charge in [-0.05, 0) is 49.6 Å². The Labute approximate surface area is 138 Å². The van der Waals surface area contributed by atoms with Gasteiger partial charge in [-0.15, -0.1) is 0 Å². The first-order chi connectivity index (χ1) is 11.5. The molecule has 2 aromatic rings. The minimum atomic E-state index is -1.07. The molecule has 0 radical (unpaired) electrons. The van der Waals surface area contributed by atoms with E-state index in [-0.39, 0.29) is 29.0 Å². The van der Waals surface area contributed by atoms with Crippen molar-refractivity contribution >= 4 is 11.9 Å². The molecule has 0 spiro atoms. The standard InChI is InChI=1S/C18H17FN2O3/c1-11-14(18(23)24)8-9-15(20-11)17(22)21-10-2-3-16(21)12-4-6-13(19)7-5-12/h4-9,16H,2-3,10H2,1H3,(H,23,24). The van der Waals surface area contributed by atoms with Gasteiger partial charge in [0.2, 0.25) is 0 Å². The molecule has 1 amide bonds. The van der Waals surface area contributed by atoms with Crippen LogP contribution < -0.4 is 0 Å². The number of halogens is 1. The third-order valence-corrected chi connectivity index (χ3v) is 4.30. The molecule has 24 heavy (non-hydrogen) atoms. The number of aromatic nitrogens is 1. The fourth-order valence-corrected chi connectivity index (χ4v) is 3.09. The van der Waals surface area contributed by atoms with Gasteiger partial charge in [-0.1, -0.05) is 12.1 Å². The zero-order chi connectivity index (χ0) is 17.3. The lowest BCUT2D eigenvalue weighted by atomic mass is 10.0. The molecular weight excluding hydrogens is 311 g/mol. The first-order valence-electron chi connectivity index (χ1n) is 7.75. The van der Waals surface area contributed by atoms with Crippen LogP contribution in [-0.2, 0) is 0 Å². The number of carboxylic acid groups (broad SMARTS) is 1. The molecule has 1 aromatic heterocycles. The zero-order valence-electron chi connectivity index (χ0n) is 13.2. The molecule has 1 N–H and O–H groups in total. The SMILES string of the molecule is Cc1nc(C(=O)N2CCCC2c2ccc(F)cc2)ccc1C(=O)O. The van der Waals surface area contributed by atoms with Crippen LogP contribution in [0.3, 0.4) is 0 Å².